The van der Waals surface area contributed by atoms with Crippen LogP contribution >= 0.6 is 0 Å². The van der Waals surface area contributed by atoms with Gasteiger partial charge in [0.1, 0.15) is 0 Å². The molecule has 0 spiro atoms. The van der Waals surface area contributed by atoms with Crippen LogP contribution in [0.5, 0.6) is 0 Å². The Hall–Kier alpha value is -2.06. The molecule has 0 aliphatic heterocycles. The highest BCUT2D eigenvalue weighted by atomic mass is 19.4. The highest BCUT2D eigenvalue weighted by Gasteiger charge is 2.95. The molecule has 0 aliphatic rings. The average Bonchev–Trinajstić information content (AvgIpc) is 2.70. The van der Waals surface area contributed by atoms with Gasteiger partial charge in [0.15, 0.2) is 0 Å². The molecule has 0 aromatic rings. The van der Waals surface area contributed by atoms with E-state index in [1.54, 1.807) is 0 Å². The number of carbonyl (C=O) groups is 1. The molecule has 4 nitrogen and oxygen atoms in total. The lowest BCUT2D eigenvalue weighted by Gasteiger charge is -2.42. The van der Waals surface area contributed by atoms with Crippen molar-refractivity contribution in [3.63, 3.8) is 0 Å². The van der Waals surface area contributed by atoms with Crippen molar-refractivity contribution in [3.05, 3.63) is 12.2 Å². The topological polar surface area (TPSA) is 77.8 Å². The molecule has 0 radical (unpaired) electrons. The summed E-state index contributed by atoms with van der Waals surface area (Å²) < 4.78 is 220. The molecule has 0 saturated heterocycles. The van der Waals surface area contributed by atoms with Gasteiger partial charge in [-0.3, -0.25) is 0 Å². The van der Waals surface area contributed by atoms with E-state index in [1.807, 2.05) is 0 Å². The molecule has 0 aromatic heterocycles. The van der Waals surface area contributed by atoms with Gasteiger partial charge in [-0.1, -0.05) is 6.58 Å². The minimum Gasteiger partial charge on any atom is -0.478 e. The molecule has 37 heavy (non-hydrogen) atoms. The second-order valence-electron chi connectivity index (χ2n) is 7.11. The maximum atomic E-state index is 13.4. The van der Waals surface area contributed by atoms with Crippen molar-refractivity contribution in [1.82, 2.24) is 0 Å². The van der Waals surface area contributed by atoms with Crippen LogP contribution in [-0.2, 0) is 4.79 Å². The monoisotopic (exact) mass is 594 g/mol. The van der Waals surface area contributed by atoms with E-state index in [4.69, 9.17) is 15.3 Å². The maximum absolute atomic E-state index is 13.4. The molecule has 1 unspecified atom stereocenters. The van der Waals surface area contributed by atoms with Gasteiger partial charge in [-0.05, 0) is 13.3 Å². The van der Waals surface area contributed by atoms with Gasteiger partial charge in [-0.15, -0.1) is 0 Å². The fourth-order valence-corrected chi connectivity index (χ4v) is 1.79. The Kier molecular flexibility index (Phi) is 11.0. The van der Waals surface area contributed by atoms with Crippen molar-refractivity contribution < 1.29 is 94.8 Å². The number of carboxylic acids is 1. The highest BCUT2D eigenvalue weighted by Crippen LogP contribution is 2.64. The van der Waals surface area contributed by atoms with E-state index in [1.165, 1.54) is 6.92 Å². The van der Waals surface area contributed by atoms with Crippen molar-refractivity contribution >= 4 is 5.97 Å². The first-order valence-electron chi connectivity index (χ1n) is 8.74. The molecule has 0 aliphatic carbocycles. The standard InChI is InChI=1S/C12H9F17O2.C4H6O2/c13-5(14,2-1-4(31)3-30)6(15,16)7(17,18)8(19,20)9(21,22)10(23,24)11(25,26)12(27,28)29;1-3(2)4(5)6/h4,30-31H,1-3H2;1H2,2H3,(H,5,6). The van der Waals surface area contributed by atoms with Crippen molar-refractivity contribution in [2.45, 2.75) is 73.5 Å². The zero-order chi connectivity index (χ0) is 30.9. The number of halogens is 17. The van der Waals surface area contributed by atoms with Gasteiger partial charge < -0.3 is 15.3 Å². The predicted molar refractivity (Wildman–Crippen MR) is 85.5 cm³/mol. The van der Waals surface area contributed by atoms with Crippen LogP contribution in [0.3, 0.4) is 0 Å². The summed E-state index contributed by atoms with van der Waals surface area (Å²) in [5.41, 5.74) is 0.176. The van der Waals surface area contributed by atoms with E-state index in [9.17, 15) is 79.4 Å². The van der Waals surface area contributed by atoms with Gasteiger partial charge in [-0.25, -0.2) is 4.79 Å². The van der Waals surface area contributed by atoms with E-state index in [0.29, 0.717) is 0 Å². The first kappa shape index (κ1) is 37.1. The van der Waals surface area contributed by atoms with Gasteiger partial charge in [0, 0.05) is 12.0 Å². The fraction of sp³-hybridized carbons (Fsp3) is 0.812. The second-order valence-corrected chi connectivity index (χ2v) is 7.11. The smallest absolute Gasteiger partial charge is 0.460 e. The summed E-state index contributed by atoms with van der Waals surface area (Å²) in [6.45, 7) is 3.12. The number of hydrogen-bond donors (Lipinski definition) is 3. The Morgan fingerprint density at radius 2 is 0.946 bits per heavy atom. The molecule has 0 heterocycles. The van der Waals surface area contributed by atoms with E-state index in [0.717, 1.165) is 0 Å². The van der Waals surface area contributed by atoms with E-state index in [-0.39, 0.29) is 5.57 Å². The Morgan fingerprint density at radius 1 is 0.676 bits per heavy atom. The third kappa shape index (κ3) is 6.51. The van der Waals surface area contributed by atoms with E-state index >= 15 is 0 Å². The Bertz CT molecular complexity index is 792. The fourth-order valence-electron chi connectivity index (χ4n) is 1.79. The summed E-state index contributed by atoms with van der Waals surface area (Å²) in [6.07, 6.45) is -14.7. The number of aliphatic hydroxyl groups excluding tert-OH is 2. The minimum absolute atomic E-state index is 0.176. The Morgan fingerprint density at radius 3 is 1.19 bits per heavy atom. The van der Waals surface area contributed by atoms with Crippen molar-refractivity contribution in [2.75, 3.05) is 6.61 Å². The summed E-state index contributed by atoms with van der Waals surface area (Å²) in [7, 11) is 0. The van der Waals surface area contributed by atoms with Gasteiger partial charge in [-0.2, -0.15) is 74.6 Å². The molecule has 3 N–H and O–H groups in total. The third-order valence-electron chi connectivity index (χ3n) is 4.15. The van der Waals surface area contributed by atoms with Crippen molar-refractivity contribution in [3.8, 4) is 0 Å². The molecule has 0 rings (SSSR count). The zero-order valence-corrected chi connectivity index (χ0v) is 17.6. The molecule has 0 amide bonds. The van der Waals surface area contributed by atoms with Crippen LogP contribution in [0.15, 0.2) is 12.2 Å². The maximum Gasteiger partial charge on any atom is 0.460 e. The van der Waals surface area contributed by atoms with Gasteiger partial charge in [0.05, 0.1) is 12.7 Å². The summed E-state index contributed by atoms with van der Waals surface area (Å²) in [4.78, 5) is 9.60. The molecular formula is C16H15F17O4. The van der Waals surface area contributed by atoms with Crippen LogP contribution in [0.25, 0.3) is 0 Å². The summed E-state index contributed by atoms with van der Waals surface area (Å²) in [5, 5.41) is 24.8. The van der Waals surface area contributed by atoms with Crippen LogP contribution in [0.1, 0.15) is 19.8 Å². The molecule has 0 aromatic carbocycles. The number of carboxylic acid groups (broad SMARTS) is 1. The second kappa shape index (κ2) is 11.0. The first-order valence-corrected chi connectivity index (χ1v) is 8.74. The largest absolute Gasteiger partial charge is 0.478 e. The van der Waals surface area contributed by atoms with E-state index < -0.39 is 79.2 Å². The first-order chi connectivity index (χ1) is 15.8. The van der Waals surface area contributed by atoms with Crippen molar-refractivity contribution in [1.29, 1.82) is 0 Å². The Balaban J connectivity index is 0. The predicted octanol–water partition coefficient (Wildman–Crippen LogP) is 5.78. The summed E-state index contributed by atoms with van der Waals surface area (Å²) in [6, 6.07) is 0. The van der Waals surface area contributed by atoms with Crippen LogP contribution in [-0.4, -0.2) is 81.6 Å². The summed E-state index contributed by atoms with van der Waals surface area (Å²) >= 11 is 0. The number of aliphatic hydroxyl groups is 2. The molecule has 21 heteroatoms. The lowest BCUT2D eigenvalue weighted by molar-refractivity contribution is -0.461. The molecule has 0 saturated carbocycles. The number of aliphatic carboxylic acids is 1. The molecule has 222 valence electrons. The van der Waals surface area contributed by atoms with Crippen LogP contribution in [0, 0.1) is 0 Å². The van der Waals surface area contributed by atoms with Crippen LogP contribution in [0.2, 0.25) is 0 Å². The molecule has 0 fully saturated rings. The Labute approximate surface area is 194 Å². The van der Waals surface area contributed by atoms with Crippen LogP contribution < -0.4 is 0 Å². The SMILES string of the molecule is C=C(C)C(=O)O.OCC(O)CCC(F)(F)C(F)(F)C(F)(F)C(F)(F)C(F)(F)C(F)(F)C(F)(F)C(F)(F)F. The highest BCUT2D eigenvalue weighted by molar-refractivity contribution is 5.84. The zero-order valence-electron chi connectivity index (χ0n) is 17.6. The lowest BCUT2D eigenvalue weighted by atomic mass is 9.87. The van der Waals surface area contributed by atoms with E-state index in [2.05, 4.69) is 6.58 Å². The van der Waals surface area contributed by atoms with Gasteiger partial charge in [0.2, 0.25) is 0 Å². The minimum atomic E-state index is -8.66. The van der Waals surface area contributed by atoms with Gasteiger partial charge >= 0.3 is 53.6 Å². The number of hydrogen-bond acceptors (Lipinski definition) is 3. The molecule has 1 atom stereocenters. The normalized spacial score (nSPS) is 15.6. The lowest BCUT2D eigenvalue weighted by Crippen LogP contribution is -2.74. The van der Waals surface area contributed by atoms with Gasteiger partial charge in [0.25, 0.3) is 0 Å². The molecule has 0 bridgehead atoms. The molecular weight excluding hydrogens is 579 g/mol. The number of alkyl halides is 17. The summed E-state index contributed by atoms with van der Waals surface area (Å²) in [5.74, 6) is -57.6. The van der Waals surface area contributed by atoms with Crippen molar-refractivity contribution in [2.24, 2.45) is 0 Å². The van der Waals surface area contributed by atoms with Crippen LogP contribution in [0.4, 0.5) is 74.6 Å². The third-order valence-corrected chi connectivity index (χ3v) is 4.15. The average molecular weight is 594 g/mol. The number of rotatable bonds is 11. The quantitative estimate of drug-likeness (QED) is 0.210.